The Morgan fingerprint density at radius 1 is 1.32 bits per heavy atom. The molecule has 0 aliphatic heterocycles. The van der Waals surface area contributed by atoms with E-state index in [1.54, 1.807) is 7.05 Å². The molecule has 1 aromatic rings. The summed E-state index contributed by atoms with van der Waals surface area (Å²) in [6.07, 6.45) is 0.694. The molecule has 0 unspecified atom stereocenters. The molecule has 19 heavy (non-hydrogen) atoms. The number of non-ortho nitro benzene ring substituents is 1. The van der Waals surface area contributed by atoms with E-state index >= 15 is 0 Å². The molecule has 0 fully saturated rings. The molecule has 1 rings (SSSR count). The van der Waals surface area contributed by atoms with E-state index in [0.29, 0.717) is 13.0 Å². The zero-order valence-corrected chi connectivity index (χ0v) is 11.7. The number of nitrogens with one attached hydrogen (secondary N) is 1. The third-order valence-corrected chi connectivity index (χ3v) is 4.53. The first-order chi connectivity index (χ1) is 8.89. The van der Waals surface area contributed by atoms with Gasteiger partial charge in [-0.3, -0.25) is 10.1 Å². The molecule has 0 bridgehead atoms. The van der Waals surface area contributed by atoms with Crippen LogP contribution < -0.4 is 5.32 Å². The van der Waals surface area contributed by atoms with Gasteiger partial charge in [-0.25, -0.2) is 12.7 Å². The fourth-order valence-electron chi connectivity index (χ4n) is 1.52. The van der Waals surface area contributed by atoms with Gasteiger partial charge in [0.15, 0.2) is 0 Å². The highest BCUT2D eigenvalue weighted by Crippen LogP contribution is 2.18. The Morgan fingerprint density at radius 3 is 2.37 bits per heavy atom. The molecule has 0 radical (unpaired) electrons. The first-order valence-corrected chi connectivity index (χ1v) is 7.19. The molecule has 8 heteroatoms. The van der Waals surface area contributed by atoms with Crippen molar-refractivity contribution in [1.29, 1.82) is 0 Å². The number of nitro groups is 1. The van der Waals surface area contributed by atoms with Crippen LogP contribution in [0.1, 0.15) is 6.42 Å². The van der Waals surface area contributed by atoms with Gasteiger partial charge in [-0.2, -0.15) is 0 Å². The summed E-state index contributed by atoms with van der Waals surface area (Å²) >= 11 is 0. The van der Waals surface area contributed by atoms with Gasteiger partial charge in [0, 0.05) is 25.7 Å². The Morgan fingerprint density at radius 2 is 1.89 bits per heavy atom. The molecule has 106 valence electrons. The number of benzene rings is 1. The van der Waals surface area contributed by atoms with Gasteiger partial charge in [0.05, 0.1) is 9.82 Å². The van der Waals surface area contributed by atoms with Crippen molar-refractivity contribution in [3.8, 4) is 0 Å². The summed E-state index contributed by atoms with van der Waals surface area (Å²) in [7, 11) is -0.290. The Labute approximate surface area is 112 Å². The minimum atomic E-state index is -3.58. The standard InChI is InChI=1S/C11H17N3O4S/c1-12-8-3-9-13(2)19(17,18)11-6-4-10(5-7-11)14(15)16/h4-7,12H,3,8-9H2,1-2H3. The molecule has 0 saturated heterocycles. The Kier molecular flexibility index (Phi) is 5.40. The maximum atomic E-state index is 12.1. The molecule has 0 spiro atoms. The molecule has 0 aliphatic rings. The molecule has 1 aromatic carbocycles. The van der Waals surface area contributed by atoms with E-state index in [4.69, 9.17) is 0 Å². The molecular weight excluding hydrogens is 270 g/mol. The van der Waals surface area contributed by atoms with E-state index < -0.39 is 14.9 Å². The van der Waals surface area contributed by atoms with Crippen LogP contribution >= 0.6 is 0 Å². The van der Waals surface area contributed by atoms with Gasteiger partial charge in [-0.05, 0) is 32.1 Å². The van der Waals surface area contributed by atoms with E-state index in [0.717, 1.165) is 6.54 Å². The highest BCUT2D eigenvalue weighted by Gasteiger charge is 2.20. The van der Waals surface area contributed by atoms with Crippen molar-refractivity contribution in [1.82, 2.24) is 9.62 Å². The van der Waals surface area contributed by atoms with Gasteiger partial charge < -0.3 is 5.32 Å². The zero-order valence-electron chi connectivity index (χ0n) is 10.9. The molecule has 7 nitrogen and oxygen atoms in total. The van der Waals surface area contributed by atoms with Gasteiger partial charge in [0.25, 0.3) is 5.69 Å². The van der Waals surface area contributed by atoms with Crippen LogP contribution in [0.2, 0.25) is 0 Å². The number of hydrogen-bond acceptors (Lipinski definition) is 5. The first-order valence-electron chi connectivity index (χ1n) is 5.75. The second-order valence-corrected chi connectivity index (χ2v) is 6.08. The van der Waals surface area contributed by atoms with Crippen molar-refractivity contribution in [2.45, 2.75) is 11.3 Å². The molecule has 0 aromatic heterocycles. The predicted octanol–water partition coefficient (Wildman–Crippen LogP) is 0.825. The molecule has 0 amide bonds. The minimum absolute atomic E-state index is 0.0602. The number of nitrogens with zero attached hydrogens (tertiary/aromatic N) is 2. The second-order valence-electron chi connectivity index (χ2n) is 4.03. The van der Waals surface area contributed by atoms with Crippen LogP contribution in [-0.2, 0) is 10.0 Å². The van der Waals surface area contributed by atoms with Crippen LogP contribution in [0.3, 0.4) is 0 Å². The molecular formula is C11H17N3O4S. The smallest absolute Gasteiger partial charge is 0.269 e. The van der Waals surface area contributed by atoms with E-state index in [1.807, 2.05) is 0 Å². The van der Waals surface area contributed by atoms with Crippen LogP contribution in [0.4, 0.5) is 5.69 Å². The highest BCUT2D eigenvalue weighted by molar-refractivity contribution is 7.89. The fraction of sp³-hybridized carbons (Fsp3) is 0.455. The van der Waals surface area contributed by atoms with Crippen LogP contribution in [0, 0.1) is 10.1 Å². The number of hydrogen-bond donors (Lipinski definition) is 1. The van der Waals surface area contributed by atoms with Crippen molar-refractivity contribution in [3.63, 3.8) is 0 Å². The quantitative estimate of drug-likeness (QED) is 0.455. The van der Waals surface area contributed by atoms with Crippen molar-refractivity contribution in [2.75, 3.05) is 27.2 Å². The Bertz CT molecular complexity index is 527. The minimum Gasteiger partial charge on any atom is -0.320 e. The lowest BCUT2D eigenvalue weighted by Crippen LogP contribution is -2.29. The average Bonchev–Trinajstić information content (AvgIpc) is 2.39. The highest BCUT2D eigenvalue weighted by atomic mass is 32.2. The van der Waals surface area contributed by atoms with Gasteiger partial charge in [-0.1, -0.05) is 0 Å². The lowest BCUT2D eigenvalue weighted by atomic mass is 10.3. The second kappa shape index (κ2) is 6.60. The largest absolute Gasteiger partial charge is 0.320 e. The number of sulfonamides is 1. The molecule has 0 heterocycles. The van der Waals surface area contributed by atoms with Gasteiger partial charge in [0.2, 0.25) is 10.0 Å². The van der Waals surface area contributed by atoms with Crippen molar-refractivity contribution < 1.29 is 13.3 Å². The van der Waals surface area contributed by atoms with Gasteiger partial charge in [-0.15, -0.1) is 0 Å². The maximum absolute atomic E-state index is 12.1. The summed E-state index contributed by atoms with van der Waals surface area (Å²) in [5.41, 5.74) is -0.128. The lowest BCUT2D eigenvalue weighted by molar-refractivity contribution is -0.384. The summed E-state index contributed by atoms with van der Waals surface area (Å²) < 4.78 is 25.5. The van der Waals surface area contributed by atoms with E-state index in [-0.39, 0.29) is 10.6 Å². The van der Waals surface area contributed by atoms with Crippen molar-refractivity contribution in [3.05, 3.63) is 34.4 Å². The molecule has 1 N–H and O–H groups in total. The first kappa shape index (κ1) is 15.5. The maximum Gasteiger partial charge on any atom is 0.269 e. The van der Waals surface area contributed by atoms with Crippen molar-refractivity contribution >= 4 is 15.7 Å². The van der Waals surface area contributed by atoms with Crippen LogP contribution in [0.25, 0.3) is 0 Å². The zero-order chi connectivity index (χ0) is 14.5. The average molecular weight is 287 g/mol. The number of rotatable bonds is 7. The molecule has 0 saturated carbocycles. The fourth-order valence-corrected chi connectivity index (χ4v) is 2.73. The Balaban J connectivity index is 2.84. The summed E-state index contributed by atoms with van der Waals surface area (Å²) in [5, 5.41) is 13.4. The molecule has 0 aliphatic carbocycles. The normalized spacial score (nSPS) is 11.7. The van der Waals surface area contributed by atoms with Crippen molar-refractivity contribution in [2.24, 2.45) is 0 Å². The van der Waals surface area contributed by atoms with Gasteiger partial charge in [0.1, 0.15) is 0 Å². The van der Waals surface area contributed by atoms with E-state index in [2.05, 4.69) is 5.32 Å². The summed E-state index contributed by atoms with van der Waals surface area (Å²) in [4.78, 5) is 10.0. The van der Waals surface area contributed by atoms with E-state index in [9.17, 15) is 18.5 Å². The lowest BCUT2D eigenvalue weighted by Gasteiger charge is -2.16. The van der Waals surface area contributed by atoms with Gasteiger partial charge >= 0.3 is 0 Å². The Hall–Kier alpha value is -1.51. The third kappa shape index (κ3) is 3.98. The number of nitro benzene ring substituents is 1. The summed E-state index contributed by atoms with van der Waals surface area (Å²) in [6, 6.07) is 4.88. The SMILES string of the molecule is CNCCCN(C)S(=O)(=O)c1ccc([N+](=O)[O-])cc1. The topological polar surface area (TPSA) is 92.6 Å². The summed E-state index contributed by atoms with van der Waals surface area (Å²) in [5.74, 6) is 0. The van der Waals surface area contributed by atoms with Crippen LogP contribution in [0.15, 0.2) is 29.2 Å². The molecule has 0 atom stereocenters. The monoisotopic (exact) mass is 287 g/mol. The third-order valence-electron chi connectivity index (χ3n) is 2.66. The van der Waals surface area contributed by atoms with Crippen LogP contribution in [-0.4, -0.2) is 44.8 Å². The van der Waals surface area contributed by atoms with E-state index in [1.165, 1.54) is 35.6 Å². The predicted molar refractivity (Wildman–Crippen MR) is 71.5 cm³/mol. The van der Waals surface area contributed by atoms with Crippen LogP contribution in [0.5, 0.6) is 0 Å². The summed E-state index contributed by atoms with van der Waals surface area (Å²) in [6.45, 7) is 1.11.